The number of nitrogens with two attached hydrogens (primary N) is 1. The highest BCUT2D eigenvalue weighted by molar-refractivity contribution is 5.70. The van der Waals surface area contributed by atoms with Gasteiger partial charge in [-0.1, -0.05) is 48.5 Å². The van der Waals surface area contributed by atoms with E-state index in [0.29, 0.717) is 65.0 Å². The van der Waals surface area contributed by atoms with Gasteiger partial charge in [0.2, 0.25) is 5.82 Å². The molecule has 258 valence electrons. The normalized spacial score (nSPS) is 13.3. The van der Waals surface area contributed by atoms with Gasteiger partial charge in [-0.2, -0.15) is 20.7 Å². The largest absolute Gasteiger partial charge is 0.394 e. The molecule has 8 rings (SSSR count). The van der Waals surface area contributed by atoms with Gasteiger partial charge in [0.05, 0.1) is 41.8 Å². The molecule has 52 heavy (non-hydrogen) atoms. The molecule has 4 heterocycles. The van der Waals surface area contributed by atoms with Gasteiger partial charge in [0.1, 0.15) is 6.20 Å². The average molecular weight is 693 g/mol. The Kier molecular flexibility index (Phi) is 9.44. The third-order valence-corrected chi connectivity index (χ3v) is 8.50. The molecule has 0 saturated heterocycles. The molecule has 0 aliphatic heterocycles. The zero-order valence-corrected chi connectivity index (χ0v) is 27.7. The number of nitriles is 2. The quantitative estimate of drug-likeness (QED) is 0.0710. The first kappa shape index (κ1) is 33.3. The number of aromatic nitrogens is 8. The molecule has 2 aliphatic rings. The van der Waals surface area contributed by atoms with Crippen molar-refractivity contribution in [3.05, 3.63) is 106 Å². The van der Waals surface area contributed by atoms with Gasteiger partial charge < -0.3 is 16.4 Å². The number of hydrogen-bond donors (Lipinski definition) is 5. The molecule has 0 radical (unpaired) electrons. The molecule has 16 heteroatoms. The Morgan fingerprint density at radius 2 is 1.21 bits per heavy atom. The number of nitro groups is 1. The Morgan fingerprint density at radius 3 is 1.67 bits per heavy atom. The minimum absolute atomic E-state index is 0.0833. The number of anilines is 5. The smallest absolute Gasteiger partial charge is 0.329 e. The maximum atomic E-state index is 11.3. The molecular weight excluding hydrogens is 660 g/mol. The van der Waals surface area contributed by atoms with E-state index in [4.69, 9.17) is 16.3 Å². The summed E-state index contributed by atoms with van der Waals surface area (Å²) in [5.74, 6) is 3.81. The number of rotatable bonds is 11. The number of nitrogen functional groups attached to an aromatic ring is 1. The van der Waals surface area contributed by atoms with Crippen LogP contribution in [0.15, 0.2) is 73.1 Å². The van der Waals surface area contributed by atoms with Crippen molar-refractivity contribution in [1.29, 1.82) is 10.5 Å². The minimum Gasteiger partial charge on any atom is -0.394 e. The highest BCUT2D eigenvalue weighted by Crippen LogP contribution is 2.41. The van der Waals surface area contributed by atoms with Crippen LogP contribution in [0, 0.1) is 32.8 Å². The monoisotopic (exact) mass is 692 g/mol. The van der Waals surface area contributed by atoms with Crippen LogP contribution in [0.4, 0.5) is 34.6 Å². The fraction of sp³-hybridized carbons (Fsp3) is 0.222. The average Bonchev–Trinajstić information content (AvgIpc) is 4.10. The van der Waals surface area contributed by atoms with E-state index in [1.165, 1.54) is 19.0 Å². The van der Waals surface area contributed by atoms with E-state index in [2.05, 4.69) is 63.1 Å². The molecular formula is C36H32N14O2. The lowest BCUT2D eigenvalue weighted by molar-refractivity contribution is -0.384. The van der Waals surface area contributed by atoms with Crippen LogP contribution >= 0.6 is 0 Å². The van der Waals surface area contributed by atoms with Gasteiger partial charge >= 0.3 is 5.69 Å². The van der Waals surface area contributed by atoms with E-state index in [0.717, 1.165) is 40.9 Å². The maximum Gasteiger partial charge on any atom is 0.329 e. The van der Waals surface area contributed by atoms with Crippen LogP contribution in [0.25, 0.3) is 22.8 Å². The van der Waals surface area contributed by atoms with Crippen LogP contribution in [0.2, 0.25) is 0 Å². The van der Waals surface area contributed by atoms with Crippen molar-refractivity contribution in [2.45, 2.75) is 50.4 Å². The Morgan fingerprint density at radius 1 is 0.750 bits per heavy atom. The summed E-state index contributed by atoms with van der Waals surface area (Å²) in [5.41, 5.74) is 11.8. The highest BCUT2D eigenvalue weighted by Gasteiger charge is 2.27. The predicted octanol–water partition coefficient (Wildman–Crippen LogP) is 6.60. The molecule has 2 aliphatic carbocycles. The van der Waals surface area contributed by atoms with Gasteiger partial charge in [0.25, 0.3) is 0 Å². The summed E-state index contributed by atoms with van der Waals surface area (Å²) in [6, 6.07) is 22.9. The number of aromatic amines is 2. The van der Waals surface area contributed by atoms with Gasteiger partial charge in [-0.15, -0.1) is 0 Å². The first-order valence-corrected chi connectivity index (χ1v) is 16.6. The van der Waals surface area contributed by atoms with Gasteiger partial charge in [0, 0.05) is 46.5 Å². The number of nitrogens with one attached hydrogen (secondary N) is 4. The predicted molar refractivity (Wildman–Crippen MR) is 192 cm³/mol. The number of nitrogens with zero attached hydrogens (tertiary/aromatic N) is 9. The molecule has 0 atom stereocenters. The highest BCUT2D eigenvalue weighted by atomic mass is 16.6. The van der Waals surface area contributed by atoms with Crippen molar-refractivity contribution >= 4 is 34.6 Å². The molecule has 0 spiro atoms. The molecule has 0 unspecified atom stereocenters. The van der Waals surface area contributed by atoms with Crippen molar-refractivity contribution in [1.82, 2.24) is 40.3 Å². The van der Waals surface area contributed by atoms with Crippen LogP contribution < -0.4 is 16.4 Å². The molecule has 6 N–H and O–H groups in total. The molecule has 2 aromatic carbocycles. The third kappa shape index (κ3) is 7.98. The van der Waals surface area contributed by atoms with Crippen LogP contribution in [0.5, 0.6) is 0 Å². The van der Waals surface area contributed by atoms with Gasteiger partial charge in [0.15, 0.2) is 29.1 Å². The molecule has 0 bridgehead atoms. The molecule has 0 amide bonds. The van der Waals surface area contributed by atoms with Crippen LogP contribution in [0.3, 0.4) is 0 Å². The molecule has 2 saturated carbocycles. The van der Waals surface area contributed by atoms with Crippen LogP contribution in [0.1, 0.15) is 60.0 Å². The van der Waals surface area contributed by atoms with Crippen molar-refractivity contribution in [3.63, 3.8) is 0 Å². The Hall–Kier alpha value is -7.20. The molecule has 6 aromatic rings. The van der Waals surface area contributed by atoms with Gasteiger partial charge in [-0.3, -0.25) is 20.3 Å². The van der Waals surface area contributed by atoms with E-state index in [-0.39, 0.29) is 11.5 Å². The van der Waals surface area contributed by atoms with Crippen molar-refractivity contribution in [2.75, 3.05) is 16.4 Å². The third-order valence-electron chi connectivity index (χ3n) is 8.50. The lowest BCUT2D eigenvalue weighted by atomic mass is 10.1. The van der Waals surface area contributed by atoms with Crippen molar-refractivity contribution < 1.29 is 4.92 Å². The Bertz CT molecular complexity index is 2290. The Balaban J connectivity index is 0.000000162. The summed E-state index contributed by atoms with van der Waals surface area (Å²) in [5, 5.41) is 49.3. The second kappa shape index (κ2) is 14.7. The van der Waals surface area contributed by atoms with E-state index in [1.54, 1.807) is 18.3 Å². The topological polar surface area (TPSA) is 250 Å². The van der Waals surface area contributed by atoms with Crippen molar-refractivity contribution in [2.24, 2.45) is 0 Å². The standard InChI is InChI=1S/C18H15N7O2.C18H17N7/c19-8-7-11-1-3-13(4-2-11)17-20-10-15(25(26)27)18(22-17)21-16-9-14(23-24-16)12-5-6-12;19-8-7-11-1-3-13(4-2-11)17-21-10-14(20)18(23-17)22-16-9-15(24-25-16)12-5-6-12/h1-4,9-10,12H,5-7H2,(H2,20,21,22,23,24);1-4,9-10,12H,5-7,20H2,(H2,21,22,23,24,25). The summed E-state index contributed by atoms with van der Waals surface area (Å²) in [6.45, 7) is 0. The fourth-order valence-electron chi connectivity index (χ4n) is 5.35. The second-order valence-electron chi connectivity index (χ2n) is 12.5. The summed E-state index contributed by atoms with van der Waals surface area (Å²) >= 11 is 0. The second-order valence-corrected chi connectivity index (χ2v) is 12.5. The van der Waals surface area contributed by atoms with Crippen LogP contribution in [-0.2, 0) is 12.8 Å². The summed E-state index contributed by atoms with van der Waals surface area (Å²) in [7, 11) is 0. The van der Waals surface area contributed by atoms with E-state index < -0.39 is 4.92 Å². The molecule has 16 nitrogen and oxygen atoms in total. The maximum absolute atomic E-state index is 11.3. The number of benzene rings is 2. The van der Waals surface area contributed by atoms with E-state index in [9.17, 15) is 10.1 Å². The SMILES string of the molecule is N#CCc1ccc(-c2ncc(N)c(Nc3cc(C4CC4)[nH]n3)n2)cc1.N#CCc1ccc(-c2ncc([N+](=O)[O-])c(Nc3cc(C4CC4)[nH]n3)n2)cc1. The lowest BCUT2D eigenvalue weighted by Crippen LogP contribution is -2.03. The number of hydrogen-bond acceptors (Lipinski definition) is 13. The Labute approximate surface area is 297 Å². The first-order chi connectivity index (χ1) is 25.4. The molecule has 2 fully saturated rings. The fourth-order valence-corrected chi connectivity index (χ4v) is 5.35. The zero-order valence-electron chi connectivity index (χ0n) is 27.7. The van der Waals surface area contributed by atoms with E-state index in [1.807, 2.05) is 48.5 Å². The minimum atomic E-state index is -0.531. The van der Waals surface area contributed by atoms with Gasteiger partial charge in [-0.05, 0) is 36.8 Å². The van der Waals surface area contributed by atoms with Crippen LogP contribution in [-0.4, -0.2) is 45.3 Å². The lowest BCUT2D eigenvalue weighted by Gasteiger charge is -2.08. The molecule has 4 aromatic heterocycles. The summed E-state index contributed by atoms with van der Waals surface area (Å²) in [4.78, 5) is 28.0. The van der Waals surface area contributed by atoms with Crippen molar-refractivity contribution in [3.8, 4) is 34.9 Å². The summed E-state index contributed by atoms with van der Waals surface area (Å²) < 4.78 is 0. The van der Waals surface area contributed by atoms with Gasteiger partial charge in [-0.25, -0.2) is 19.9 Å². The zero-order chi connectivity index (χ0) is 36.0. The number of H-pyrrole nitrogens is 2. The summed E-state index contributed by atoms with van der Waals surface area (Å²) in [6.07, 6.45) is 8.15. The van der Waals surface area contributed by atoms with E-state index >= 15 is 0 Å². The first-order valence-electron chi connectivity index (χ1n) is 16.6.